The first-order valence-electron chi connectivity index (χ1n) is 42.3. The van der Waals surface area contributed by atoms with Gasteiger partial charge < -0.3 is 92.2 Å². The molecule has 0 aromatic heterocycles. The van der Waals surface area contributed by atoms with Gasteiger partial charge in [0.1, 0.15) is 115 Å². The van der Waals surface area contributed by atoms with Crippen LogP contribution in [0.1, 0.15) is 131 Å². The Labute approximate surface area is 803 Å². The predicted octanol–water partition coefficient (Wildman–Crippen LogP) is 7.87. The third-order valence-electron chi connectivity index (χ3n) is 19.1. The molecule has 8 aromatic carbocycles. The maximum atomic E-state index is 11.6. The minimum absolute atomic E-state index is 0.0216. The highest BCUT2D eigenvalue weighted by molar-refractivity contribution is 8.00. The minimum Gasteiger partial charge on any atom is -0.490 e. The molecule has 39 nitrogen and oxygen atoms in total. The highest BCUT2D eigenvalue weighted by Crippen LogP contribution is 2.36. The lowest BCUT2D eigenvalue weighted by molar-refractivity contribution is 0.0404. The number of rotatable bonds is 31. The number of sulfonamides is 7. The monoisotopic (exact) mass is 2040 g/mol. The molecule has 740 valence electrons. The molecule has 137 heavy (non-hydrogen) atoms. The standard InChI is InChI=1S/C16H16N2O4S.C14H20N2O5S.C13H16N2O4S.C13H18N2O4S.C12H14N2O2S.C11H14N2O4S.C11H14N2O2S2/c17-16-15-12(11-23(19,20)18-16)5-4-8-14(15)22-10-9-21-13-6-2-1-3-7-13;1-2-19-6-7-20-8-9-21-12-5-3-4-11-10-22(17,18)16-14(15)13(11)12;1-9(6-18-2)7-19-11-5-3-4-10-8-20(16,17)15-13(14)12(10)11;1-9(2)18-6-7-19-11-5-3-4-10-8-20(16,17)15-13(14)12(10)11;1-2-3-5-9-6-4-7-10-8-17(15,16)14-12(13)11(9)10;1-16-5-6-17-9-4-2-3-8-7-18(14,15)13-11(12)10(8)9;1-7(2)16-9-5-3-4-8-6-17(14,15)13-11(12)10(8)9/h1-8H,9-11H2,(H2,17,18);3-5H,2,6-10H2,1H3,(H2,15,16);3-5H,1,6-8H2,2H3,(H2,14,15);3-5,9H,6-8H2,1-2H3,(H2,14,15);3-7H,2,8H2,1H3,(H2,13,14);2-4H,5-7H2,1H3,(H2,12,13);3-5,7H,6H2,1-2H3,(H2,12,13)/b;;;;5-3+;;. The van der Waals surface area contributed by atoms with Crippen molar-refractivity contribution in [3.8, 4) is 34.5 Å². The summed E-state index contributed by atoms with van der Waals surface area (Å²) in [5.74, 6) is 2.45. The number of nitrogens with zero attached hydrogens (tertiary/aromatic N) is 7. The number of fused-ring (bicyclic) bond motifs is 7. The van der Waals surface area contributed by atoms with E-state index in [0.717, 1.165) is 50.5 Å². The van der Waals surface area contributed by atoms with Gasteiger partial charge >= 0.3 is 0 Å². The van der Waals surface area contributed by atoms with Gasteiger partial charge in [-0.3, -0.25) is 0 Å². The fourth-order valence-corrected chi connectivity index (χ4v) is 22.4. The summed E-state index contributed by atoms with van der Waals surface area (Å²) in [5, 5.41) is 0.410. The molecular formula is C90H112N14O25S8. The van der Waals surface area contributed by atoms with Gasteiger partial charge in [-0.05, 0) is 126 Å². The van der Waals surface area contributed by atoms with E-state index in [-0.39, 0.29) is 93.8 Å². The first-order valence-corrected chi connectivity index (χ1v) is 54.5. The van der Waals surface area contributed by atoms with E-state index in [9.17, 15) is 58.9 Å². The molecule has 0 bridgehead atoms. The largest absolute Gasteiger partial charge is 0.490 e. The Morgan fingerprint density at radius 1 is 0.343 bits per heavy atom. The Morgan fingerprint density at radius 2 is 0.650 bits per heavy atom. The van der Waals surface area contributed by atoms with Crippen LogP contribution in [0.15, 0.2) is 212 Å². The molecule has 7 aliphatic rings. The number of hydrogen-bond donors (Lipinski definition) is 7. The molecule has 47 heteroatoms. The Kier molecular flexibility index (Phi) is 39.7. The van der Waals surface area contributed by atoms with Crippen molar-refractivity contribution in [3.05, 3.63) is 259 Å². The summed E-state index contributed by atoms with van der Waals surface area (Å²) in [6.07, 6.45) is 5.00. The zero-order chi connectivity index (χ0) is 100. The van der Waals surface area contributed by atoms with E-state index in [1.807, 2.05) is 94.4 Å². The van der Waals surface area contributed by atoms with E-state index >= 15 is 0 Å². The average Bonchev–Trinajstić information content (AvgIpc) is 0.815. The smallest absolute Gasteiger partial charge is 0.259 e. The number of hydrogen-bond acceptors (Lipinski definition) is 33. The lowest BCUT2D eigenvalue weighted by Gasteiger charge is -2.18. The van der Waals surface area contributed by atoms with Crippen molar-refractivity contribution in [3.63, 3.8) is 0 Å². The lowest BCUT2D eigenvalue weighted by atomic mass is 10.0. The number of benzene rings is 8. The van der Waals surface area contributed by atoms with Crippen LogP contribution in [0.5, 0.6) is 34.5 Å². The van der Waals surface area contributed by atoms with Gasteiger partial charge in [0, 0.05) is 42.1 Å². The molecular weight excluding hydrogens is 1930 g/mol. The second-order valence-corrected chi connectivity index (χ2v) is 43.8. The van der Waals surface area contributed by atoms with Crippen LogP contribution in [0.3, 0.4) is 0 Å². The summed E-state index contributed by atoms with van der Waals surface area (Å²) in [5.41, 5.74) is 50.6. The Hall–Kier alpha value is -11.9. The van der Waals surface area contributed by atoms with Crippen LogP contribution in [-0.4, -0.2) is 211 Å². The van der Waals surface area contributed by atoms with Crippen LogP contribution in [-0.2, 0) is 134 Å². The third-order valence-corrected chi connectivity index (χ3v) is 28.2. The van der Waals surface area contributed by atoms with Gasteiger partial charge in [0.2, 0.25) is 0 Å². The fraction of sp³-hybridized carbons (Fsp3) is 0.344. The van der Waals surface area contributed by atoms with Crippen LogP contribution in [0, 0.1) is 0 Å². The number of methoxy groups -OCH3 is 2. The molecule has 0 saturated carbocycles. The van der Waals surface area contributed by atoms with Gasteiger partial charge in [-0.1, -0.05) is 149 Å². The average molecular weight is 2050 g/mol. The summed E-state index contributed by atoms with van der Waals surface area (Å²) < 4.78 is 245. The van der Waals surface area contributed by atoms with Gasteiger partial charge in [0.05, 0.1) is 114 Å². The van der Waals surface area contributed by atoms with Gasteiger partial charge in [0.15, 0.2) is 0 Å². The van der Waals surface area contributed by atoms with Crippen molar-refractivity contribution in [1.82, 2.24) is 0 Å². The molecule has 0 saturated heterocycles. The molecule has 15 rings (SSSR count). The van der Waals surface area contributed by atoms with E-state index < -0.39 is 70.2 Å². The van der Waals surface area contributed by atoms with Crippen molar-refractivity contribution in [1.29, 1.82) is 0 Å². The van der Waals surface area contributed by atoms with Crippen molar-refractivity contribution >= 4 is 129 Å². The van der Waals surface area contributed by atoms with Crippen LogP contribution < -0.4 is 68.6 Å². The number of ether oxygens (including phenoxy) is 11. The van der Waals surface area contributed by atoms with Crippen LogP contribution in [0.2, 0.25) is 0 Å². The molecule has 7 heterocycles. The highest BCUT2D eigenvalue weighted by atomic mass is 32.2. The molecule has 7 aliphatic heterocycles. The first-order chi connectivity index (χ1) is 64.9. The summed E-state index contributed by atoms with van der Waals surface area (Å²) in [6, 6.07) is 46.4. The van der Waals surface area contributed by atoms with Gasteiger partial charge in [0.25, 0.3) is 70.2 Å². The summed E-state index contributed by atoms with van der Waals surface area (Å²) in [7, 11) is -21.4. The molecule has 0 atom stereocenters. The van der Waals surface area contributed by atoms with Gasteiger partial charge in [-0.15, -0.1) is 42.5 Å². The van der Waals surface area contributed by atoms with E-state index in [2.05, 4.69) is 51.2 Å². The number of para-hydroxylation sites is 1. The van der Waals surface area contributed by atoms with Gasteiger partial charge in [-0.2, -0.15) is 0 Å². The second kappa shape index (κ2) is 49.9. The van der Waals surface area contributed by atoms with E-state index in [1.165, 1.54) is 0 Å². The van der Waals surface area contributed by atoms with Crippen LogP contribution >= 0.6 is 11.8 Å². The molecule has 8 aromatic rings. The zero-order valence-corrected chi connectivity index (χ0v) is 83.1. The number of allylic oxidation sites excluding steroid dienone is 1. The molecule has 0 amide bonds. The third kappa shape index (κ3) is 33.2. The lowest BCUT2D eigenvalue weighted by Crippen LogP contribution is -2.25. The van der Waals surface area contributed by atoms with E-state index in [4.69, 9.17) is 92.2 Å². The highest BCUT2D eigenvalue weighted by Gasteiger charge is 2.32. The van der Waals surface area contributed by atoms with Crippen LogP contribution in [0.4, 0.5) is 0 Å². The van der Waals surface area contributed by atoms with E-state index in [0.29, 0.717) is 169 Å². The predicted molar refractivity (Wildman–Crippen MR) is 530 cm³/mol. The van der Waals surface area contributed by atoms with Crippen molar-refractivity contribution in [2.45, 2.75) is 104 Å². The zero-order valence-electron chi connectivity index (χ0n) is 76.5. The summed E-state index contributed by atoms with van der Waals surface area (Å²) >= 11 is 1.66. The maximum absolute atomic E-state index is 11.6. The van der Waals surface area contributed by atoms with Crippen LogP contribution in [0.25, 0.3) is 6.08 Å². The topological polar surface area (TPSA) is 609 Å². The number of amidine groups is 7. The second-order valence-electron chi connectivity index (χ2n) is 30.8. The number of thioether (sulfide) groups is 1. The minimum atomic E-state index is -3.54. The SMILES string of the molecule is C=C(COC)COc1cccc2c1C(N)=NS(=O)(=O)C2.CC(C)OCCOc1cccc2c1C(N)=NS(=O)(=O)C2.CC(C)Sc1cccc2c1C(N)=NS(=O)(=O)C2.CC/C=C/c1cccc2c1C(N)=NS(=O)(=O)C2.CCOCCOCCOc1cccc2c1C(N)=NS(=O)(=O)C2.COCCOc1cccc2c1C(N)=NS(=O)(=O)C2.NC1=NS(=O)(=O)Cc2cccc(OCCOc3ccccc3)c21. The summed E-state index contributed by atoms with van der Waals surface area (Å²) in [4.78, 5) is 0.994. The van der Waals surface area contributed by atoms with E-state index in [1.54, 1.807) is 129 Å². The molecule has 0 spiro atoms. The maximum Gasteiger partial charge on any atom is 0.259 e. The van der Waals surface area contributed by atoms with Crippen molar-refractivity contribution in [2.24, 2.45) is 70.9 Å². The molecule has 0 aliphatic carbocycles. The quantitative estimate of drug-likeness (QED) is 0.0123. The molecule has 14 N–H and O–H groups in total. The Morgan fingerprint density at radius 3 is 1.01 bits per heavy atom. The first kappa shape index (κ1) is 109. The molecule has 0 radical (unpaired) electrons. The summed E-state index contributed by atoms with van der Waals surface area (Å²) in [6.45, 7) is 21.3. The molecule has 0 fully saturated rings. The number of nitrogens with two attached hydrogens (primary N) is 7. The Bertz CT molecular complexity index is 6780. The Balaban J connectivity index is 0.000000180. The normalized spacial score (nSPS) is 16.6. The van der Waals surface area contributed by atoms with Crippen molar-refractivity contribution in [2.75, 3.05) is 100 Å². The fourth-order valence-electron chi connectivity index (χ4n) is 13.8. The van der Waals surface area contributed by atoms with Crippen molar-refractivity contribution < 1.29 is 111 Å². The van der Waals surface area contributed by atoms with Gasteiger partial charge in [-0.25, -0.2) is 58.9 Å². The molecule has 0 unspecified atom stereocenters.